The van der Waals surface area contributed by atoms with Crippen LogP contribution in [0.4, 0.5) is 0 Å². The van der Waals surface area contributed by atoms with Gasteiger partial charge in [-0.15, -0.1) is 0 Å². The number of hydrogen-bond donors (Lipinski definition) is 1. The van der Waals surface area contributed by atoms with Gasteiger partial charge in [0, 0.05) is 6.54 Å². The van der Waals surface area contributed by atoms with Crippen LogP contribution in [0.25, 0.3) is 0 Å². The summed E-state index contributed by atoms with van der Waals surface area (Å²) in [6, 6.07) is 7.30. The van der Waals surface area contributed by atoms with E-state index in [0.717, 1.165) is 18.8 Å². The van der Waals surface area contributed by atoms with E-state index in [1.54, 1.807) is 18.4 Å². The minimum Gasteiger partial charge on any atom is -0.468 e. The fraction of sp³-hybridized carbons (Fsp3) is 0.400. The molecule has 5 heteroatoms. The van der Waals surface area contributed by atoms with Gasteiger partial charge < -0.3 is 14.2 Å². The van der Waals surface area contributed by atoms with E-state index in [1.807, 2.05) is 12.1 Å². The summed E-state index contributed by atoms with van der Waals surface area (Å²) in [5, 5.41) is 2.92. The molecule has 1 saturated heterocycles. The first-order valence-electron chi connectivity index (χ1n) is 6.94. The lowest BCUT2D eigenvalue weighted by atomic mass is 10.2. The molecule has 0 bridgehead atoms. The monoisotopic (exact) mass is 274 g/mol. The van der Waals surface area contributed by atoms with Crippen LogP contribution in [0.15, 0.2) is 45.6 Å². The molecule has 1 amide bonds. The number of nitrogens with zero attached hydrogens (tertiary/aromatic N) is 1. The number of nitrogens with one attached hydrogen (secondary N) is 1. The van der Waals surface area contributed by atoms with Crippen LogP contribution in [0.5, 0.6) is 0 Å². The molecule has 0 aliphatic carbocycles. The molecule has 3 rings (SSSR count). The lowest BCUT2D eigenvalue weighted by Crippen LogP contribution is -2.36. The molecule has 1 atom stereocenters. The topological polar surface area (TPSA) is 58.6 Å². The Balaban J connectivity index is 1.66. The molecule has 3 heterocycles. The Morgan fingerprint density at radius 1 is 1.20 bits per heavy atom. The summed E-state index contributed by atoms with van der Waals surface area (Å²) >= 11 is 0. The van der Waals surface area contributed by atoms with E-state index in [-0.39, 0.29) is 11.9 Å². The fourth-order valence-electron chi connectivity index (χ4n) is 2.63. The lowest BCUT2D eigenvalue weighted by molar-refractivity contribution is 0.0906. The Bertz CT molecular complexity index is 527. The second-order valence-corrected chi connectivity index (χ2v) is 4.96. The molecule has 2 aromatic rings. The third-order valence-corrected chi connectivity index (χ3v) is 3.65. The number of rotatable bonds is 5. The maximum absolute atomic E-state index is 11.9. The second-order valence-electron chi connectivity index (χ2n) is 4.96. The van der Waals surface area contributed by atoms with Gasteiger partial charge in [-0.25, -0.2) is 0 Å². The van der Waals surface area contributed by atoms with Crippen molar-refractivity contribution in [3.8, 4) is 0 Å². The zero-order chi connectivity index (χ0) is 13.8. The molecule has 5 nitrogen and oxygen atoms in total. The average Bonchev–Trinajstić information content (AvgIpc) is 3.22. The molecule has 1 aliphatic rings. The van der Waals surface area contributed by atoms with Crippen LogP contribution >= 0.6 is 0 Å². The summed E-state index contributed by atoms with van der Waals surface area (Å²) < 4.78 is 10.6. The van der Waals surface area contributed by atoms with Crippen molar-refractivity contribution in [3.63, 3.8) is 0 Å². The third-order valence-electron chi connectivity index (χ3n) is 3.65. The van der Waals surface area contributed by atoms with Crippen molar-refractivity contribution in [2.75, 3.05) is 19.6 Å². The summed E-state index contributed by atoms with van der Waals surface area (Å²) in [7, 11) is 0. The minimum atomic E-state index is -0.189. The van der Waals surface area contributed by atoms with E-state index >= 15 is 0 Å². The number of likely N-dealkylation sites (tertiary alicyclic amines) is 1. The highest BCUT2D eigenvalue weighted by Crippen LogP contribution is 2.24. The molecule has 1 N–H and O–H groups in total. The van der Waals surface area contributed by atoms with Crippen molar-refractivity contribution in [1.29, 1.82) is 0 Å². The summed E-state index contributed by atoms with van der Waals surface area (Å²) in [6.45, 7) is 2.61. The number of carbonyl (C=O) groups excluding carboxylic acids is 1. The van der Waals surface area contributed by atoms with Crippen molar-refractivity contribution < 1.29 is 13.6 Å². The molecule has 1 unspecified atom stereocenters. The predicted octanol–water partition coefficient (Wildman–Crippen LogP) is 2.44. The van der Waals surface area contributed by atoms with Gasteiger partial charge in [-0.05, 0) is 50.2 Å². The van der Waals surface area contributed by atoms with E-state index in [4.69, 9.17) is 8.83 Å². The number of carbonyl (C=O) groups is 1. The Morgan fingerprint density at radius 2 is 1.95 bits per heavy atom. The Hall–Kier alpha value is -2.01. The molecule has 0 saturated carbocycles. The first-order chi connectivity index (χ1) is 9.84. The quantitative estimate of drug-likeness (QED) is 0.909. The molecular formula is C15H18N2O3. The van der Waals surface area contributed by atoms with Crippen molar-refractivity contribution >= 4 is 5.91 Å². The minimum absolute atomic E-state index is 0.0893. The highest BCUT2D eigenvalue weighted by molar-refractivity contribution is 5.91. The molecule has 1 fully saturated rings. The summed E-state index contributed by atoms with van der Waals surface area (Å²) in [6.07, 6.45) is 5.57. The molecular weight excluding hydrogens is 256 g/mol. The van der Waals surface area contributed by atoms with Crippen LogP contribution in [0, 0.1) is 0 Å². The lowest BCUT2D eigenvalue weighted by Gasteiger charge is -2.25. The molecule has 2 aromatic heterocycles. The Morgan fingerprint density at radius 3 is 2.60 bits per heavy atom. The largest absolute Gasteiger partial charge is 0.468 e. The molecule has 106 valence electrons. The third kappa shape index (κ3) is 2.77. The van der Waals surface area contributed by atoms with E-state index in [1.165, 1.54) is 19.1 Å². The van der Waals surface area contributed by atoms with Gasteiger partial charge in [0.15, 0.2) is 5.76 Å². The SMILES string of the molecule is O=C(NCC(c1ccco1)N1CCCC1)c1ccco1. The summed E-state index contributed by atoms with van der Waals surface area (Å²) in [4.78, 5) is 14.3. The van der Waals surface area contributed by atoms with Crippen LogP contribution in [-0.2, 0) is 0 Å². The second kappa shape index (κ2) is 5.96. The molecule has 0 aromatic carbocycles. The van der Waals surface area contributed by atoms with Gasteiger partial charge >= 0.3 is 0 Å². The average molecular weight is 274 g/mol. The Kier molecular flexibility index (Phi) is 3.87. The molecule has 20 heavy (non-hydrogen) atoms. The molecule has 0 radical (unpaired) electrons. The van der Waals surface area contributed by atoms with Crippen molar-refractivity contribution in [2.45, 2.75) is 18.9 Å². The number of furan rings is 2. The maximum atomic E-state index is 11.9. The van der Waals surface area contributed by atoms with Crippen LogP contribution < -0.4 is 5.32 Å². The van der Waals surface area contributed by atoms with E-state index in [0.29, 0.717) is 12.3 Å². The van der Waals surface area contributed by atoms with E-state index < -0.39 is 0 Å². The van der Waals surface area contributed by atoms with Crippen LogP contribution in [0.1, 0.15) is 35.2 Å². The van der Waals surface area contributed by atoms with Crippen molar-refractivity contribution in [1.82, 2.24) is 10.2 Å². The van der Waals surface area contributed by atoms with Crippen LogP contribution in [0.2, 0.25) is 0 Å². The standard InChI is InChI=1S/C15H18N2O3/c18-15(14-6-4-10-20-14)16-11-12(13-5-3-9-19-13)17-7-1-2-8-17/h3-6,9-10,12H,1-2,7-8,11H2,(H,16,18). The predicted molar refractivity (Wildman–Crippen MR) is 73.3 cm³/mol. The van der Waals surface area contributed by atoms with Gasteiger partial charge in [0.25, 0.3) is 5.91 Å². The van der Waals surface area contributed by atoms with Crippen molar-refractivity contribution in [3.05, 3.63) is 48.3 Å². The highest BCUT2D eigenvalue weighted by atomic mass is 16.3. The Labute approximate surface area is 117 Å². The summed E-state index contributed by atoms with van der Waals surface area (Å²) in [5.74, 6) is 1.04. The molecule has 0 spiro atoms. The maximum Gasteiger partial charge on any atom is 0.287 e. The first-order valence-corrected chi connectivity index (χ1v) is 6.94. The van der Waals surface area contributed by atoms with Crippen LogP contribution in [-0.4, -0.2) is 30.4 Å². The van der Waals surface area contributed by atoms with Gasteiger partial charge in [-0.2, -0.15) is 0 Å². The smallest absolute Gasteiger partial charge is 0.287 e. The fourth-order valence-corrected chi connectivity index (χ4v) is 2.63. The van der Waals surface area contributed by atoms with Crippen LogP contribution in [0.3, 0.4) is 0 Å². The summed E-state index contributed by atoms with van der Waals surface area (Å²) in [5.41, 5.74) is 0. The van der Waals surface area contributed by atoms with E-state index in [9.17, 15) is 4.79 Å². The molecule has 1 aliphatic heterocycles. The van der Waals surface area contributed by atoms with Crippen molar-refractivity contribution in [2.24, 2.45) is 0 Å². The van der Waals surface area contributed by atoms with Gasteiger partial charge in [0.2, 0.25) is 0 Å². The van der Waals surface area contributed by atoms with Gasteiger partial charge in [0.1, 0.15) is 5.76 Å². The zero-order valence-electron chi connectivity index (χ0n) is 11.2. The number of amides is 1. The zero-order valence-corrected chi connectivity index (χ0v) is 11.2. The number of hydrogen-bond acceptors (Lipinski definition) is 4. The normalized spacial score (nSPS) is 17.2. The highest BCUT2D eigenvalue weighted by Gasteiger charge is 2.26. The van der Waals surface area contributed by atoms with E-state index in [2.05, 4.69) is 10.2 Å². The van der Waals surface area contributed by atoms with Gasteiger partial charge in [0.05, 0.1) is 18.6 Å². The van der Waals surface area contributed by atoms with Gasteiger partial charge in [-0.3, -0.25) is 9.69 Å². The first kappa shape index (κ1) is 13.0. The van der Waals surface area contributed by atoms with Gasteiger partial charge in [-0.1, -0.05) is 0 Å².